The SMILES string of the molecule is CC1(C)CC(NC(=O)c2cn3c4c(c(NCCN5CCOCC5)ccc4c2=O)Oc2cc4ccccc4cc2-3)CC(C)(C)N1. The van der Waals surface area contributed by atoms with E-state index in [0.29, 0.717) is 22.4 Å². The highest BCUT2D eigenvalue weighted by atomic mass is 16.5. The Labute approximate surface area is 257 Å². The van der Waals surface area contributed by atoms with Crippen LogP contribution in [0.4, 0.5) is 5.69 Å². The van der Waals surface area contributed by atoms with Crippen LogP contribution in [0.15, 0.2) is 59.5 Å². The summed E-state index contributed by atoms with van der Waals surface area (Å²) >= 11 is 0. The van der Waals surface area contributed by atoms with Crippen LogP contribution in [0.3, 0.4) is 0 Å². The first-order valence-electron chi connectivity index (χ1n) is 15.6. The van der Waals surface area contributed by atoms with Crippen LogP contribution in [0.2, 0.25) is 0 Å². The molecule has 4 aromatic rings. The summed E-state index contributed by atoms with van der Waals surface area (Å²) < 4.78 is 14.0. The second kappa shape index (κ2) is 10.9. The highest BCUT2D eigenvalue weighted by Crippen LogP contribution is 2.45. The standard InChI is InChI=1S/C35H41N5O4/c1-34(2)19-24(20-35(3,4)38-34)37-33(42)26-21-40-28-17-22-7-5-6-8-23(22)18-29(28)44-32-27(10-9-25(30(32)40)31(26)41)36-11-12-39-13-15-43-16-14-39/h5-10,17-18,21,24,36,38H,11-16,19-20H2,1-4H3,(H,37,42). The summed E-state index contributed by atoms with van der Waals surface area (Å²) in [7, 11) is 0. The van der Waals surface area contributed by atoms with Crippen LogP contribution < -0.4 is 26.1 Å². The lowest BCUT2D eigenvalue weighted by Crippen LogP contribution is -2.62. The number of morpholine rings is 1. The number of pyridine rings is 1. The summed E-state index contributed by atoms with van der Waals surface area (Å²) in [6, 6.07) is 15.9. The second-order valence-corrected chi connectivity index (χ2v) is 13.7. The zero-order valence-electron chi connectivity index (χ0n) is 26.0. The van der Waals surface area contributed by atoms with Crippen molar-refractivity contribution in [2.75, 3.05) is 44.7 Å². The molecule has 44 heavy (non-hydrogen) atoms. The molecule has 0 bridgehead atoms. The van der Waals surface area contributed by atoms with Crippen molar-refractivity contribution in [1.82, 2.24) is 20.1 Å². The predicted molar refractivity (Wildman–Crippen MR) is 175 cm³/mol. The van der Waals surface area contributed by atoms with E-state index in [4.69, 9.17) is 9.47 Å². The van der Waals surface area contributed by atoms with E-state index in [-0.39, 0.29) is 34.0 Å². The van der Waals surface area contributed by atoms with Crippen LogP contribution in [0.1, 0.15) is 50.9 Å². The number of rotatable bonds is 6. The van der Waals surface area contributed by atoms with Crippen molar-refractivity contribution in [2.24, 2.45) is 0 Å². The Bertz CT molecular complexity index is 1810. The molecule has 4 heterocycles. The van der Waals surface area contributed by atoms with Gasteiger partial charge >= 0.3 is 0 Å². The lowest BCUT2D eigenvalue weighted by atomic mass is 9.79. The molecule has 2 saturated heterocycles. The zero-order chi connectivity index (χ0) is 30.6. The summed E-state index contributed by atoms with van der Waals surface area (Å²) in [6.07, 6.45) is 3.25. The van der Waals surface area contributed by atoms with E-state index < -0.39 is 0 Å². The molecule has 0 atom stereocenters. The minimum atomic E-state index is -0.345. The van der Waals surface area contributed by atoms with Gasteiger partial charge in [0.25, 0.3) is 5.91 Å². The number of nitrogens with one attached hydrogen (secondary N) is 3. The van der Waals surface area contributed by atoms with Crippen molar-refractivity contribution >= 4 is 33.3 Å². The molecule has 0 aliphatic carbocycles. The zero-order valence-corrected chi connectivity index (χ0v) is 26.0. The van der Waals surface area contributed by atoms with Crippen molar-refractivity contribution < 1.29 is 14.3 Å². The average molecular weight is 596 g/mol. The molecule has 0 spiro atoms. The molecule has 3 aromatic carbocycles. The molecule has 7 rings (SSSR count). The third-order valence-electron chi connectivity index (χ3n) is 9.04. The van der Waals surface area contributed by atoms with Crippen molar-refractivity contribution in [1.29, 1.82) is 0 Å². The number of anilines is 1. The third-order valence-corrected chi connectivity index (χ3v) is 9.04. The number of carbonyl (C=O) groups excluding carboxylic acids is 1. The summed E-state index contributed by atoms with van der Waals surface area (Å²) in [5.41, 5.74) is 1.83. The van der Waals surface area contributed by atoms with Gasteiger partial charge in [-0.05, 0) is 75.6 Å². The van der Waals surface area contributed by atoms with Crippen molar-refractivity contribution in [3.63, 3.8) is 0 Å². The van der Waals surface area contributed by atoms with Crippen molar-refractivity contribution in [2.45, 2.75) is 57.7 Å². The smallest absolute Gasteiger partial charge is 0.257 e. The highest BCUT2D eigenvalue weighted by molar-refractivity contribution is 6.02. The van der Waals surface area contributed by atoms with Gasteiger partial charge in [0.05, 0.1) is 30.0 Å². The maximum Gasteiger partial charge on any atom is 0.257 e. The number of fused-ring (bicyclic) bond motifs is 3. The first kappa shape index (κ1) is 28.8. The first-order valence-corrected chi connectivity index (χ1v) is 15.6. The molecular weight excluding hydrogens is 554 g/mol. The van der Waals surface area contributed by atoms with E-state index in [9.17, 15) is 9.59 Å². The van der Waals surface area contributed by atoms with Gasteiger partial charge in [-0.15, -0.1) is 0 Å². The number of hydrogen-bond donors (Lipinski definition) is 3. The van der Waals surface area contributed by atoms with Gasteiger partial charge in [-0.25, -0.2) is 0 Å². The van der Waals surface area contributed by atoms with Gasteiger partial charge in [-0.3, -0.25) is 14.5 Å². The average Bonchev–Trinajstić information content (AvgIpc) is 2.97. The monoisotopic (exact) mass is 595 g/mol. The quantitative estimate of drug-likeness (QED) is 0.253. The van der Waals surface area contributed by atoms with E-state index in [0.717, 1.165) is 74.4 Å². The Kier molecular flexibility index (Phi) is 7.15. The number of hydrogen-bond acceptors (Lipinski definition) is 7. The molecule has 2 fully saturated rings. The first-order chi connectivity index (χ1) is 21.1. The number of amides is 1. The summed E-state index contributed by atoms with van der Waals surface area (Å²) in [5.74, 6) is 0.928. The lowest BCUT2D eigenvalue weighted by Gasteiger charge is -2.46. The summed E-state index contributed by atoms with van der Waals surface area (Å²) in [5, 5.41) is 13.0. The Morgan fingerprint density at radius 3 is 2.43 bits per heavy atom. The fourth-order valence-corrected chi connectivity index (χ4v) is 7.43. The topological polar surface area (TPSA) is 96.9 Å². The summed E-state index contributed by atoms with van der Waals surface area (Å²) in [6.45, 7) is 13.5. The van der Waals surface area contributed by atoms with Gasteiger partial charge in [-0.2, -0.15) is 0 Å². The molecule has 0 radical (unpaired) electrons. The molecule has 0 unspecified atom stereocenters. The molecule has 3 N–H and O–H groups in total. The van der Waals surface area contributed by atoms with Gasteiger partial charge in [0.2, 0.25) is 5.43 Å². The fraction of sp³-hybridized carbons (Fsp3) is 0.429. The normalized spacial score (nSPS) is 19.4. The van der Waals surface area contributed by atoms with Gasteiger partial charge in [0, 0.05) is 49.5 Å². The van der Waals surface area contributed by atoms with Crippen LogP contribution in [0.25, 0.3) is 27.4 Å². The van der Waals surface area contributed by atoms with Gasteiger partial charge in [0.1, 0.15) is 11.1 Å². The van der Waals surface area contributed by atoms with Crippen LogP contribution >= 0.6 is 0 Å². The Hall–Kier alpha value is -3.92. The van der Waals surface area contributed by atoms with E-state index in [1.807, 2.05) is 34.9 Å². The fourth-order valence-electron chi connectivity index (χ4n) is 7.43. The second-order valence-electron chi connectivity index (χ2n) is 13.7. The largest absolute Gasteiger partial charge is 0.451 e. The van der Waals surface area contributed by atoms with Crippen molar-refractivity contribution in [3.05, 3.63) is 70.5 Å². The summed E-state index contributed by atoms with van der Waals surface area (Å²) in [4.78, 5) is 30.2. The van der Waals surface area contributed by atoms with Crippen molar-refractivity contribution in [3.8, 4) is 17.2 Å². The number of aromatic nitrogens is 1. The molecule has 230 valence electrons. The van der Waals surface area contributed by atoms with Crippen LogP contribution in [0.5, 0.6) is 11.5 Å². The Morgan fingerprint density at radius 1 is 1.00 bits per heavy atom. The van der Waals surface area contributed by atoms with Crippen LogP contribution in [-0.2, 0) is 4.74 Å². The van der Waals surface area contributed by atoms with E-state index in [1.165, 1.54) is 0 Å². The van der Waals surface area contributed by atoms with Gasteiger partial charge < -0.3 is 30.0 Å². The lowest BCUT2D eigenvalue weighted by molar-refractivity contribution is 0.0398. The molecule has 1 amide bonds. The van der Waals surface area contributed by atoms with E-state index in [1.54, 1.807) is 6.20 Å². The maximum atomic E-state index is 14.0. The van der Waals surface area contributed by atoms with Gasteiger partial charge in [0.15, 0.2) is 11.5 Å². The number of piperidine rings is 1. The number of ether oxygens (including phenoxy) is 2. The number of nitrogens with zero attached hydrogens (tertiary/aromatic N) is 2. The molecule has 3 aliphatic rings. The number of benzene rings is 3. The predicted octanol–water partition coefficient (Wildman–Crippen LogP) is 5.03. The molecule has 0 saturated carbocycles. The number of carbonyl (C=O) groups is 1. The van der Waals surface area contributed by atoms with E-state index in [2.05, 4.69) is 66.7 Å². The van der Waals surface area contributed by atoms with Gasteiger partial charge in [-0.1, -0.05) is 24.3 Å². The van der Waals surface area contributed by atoms with Crippen LogP contribution in [-0.4, -0.2) is 71.9 Å². The molecule has 1 aromatic heterocycles. The molecular formula is C35H41N5O4. The minimum Gasteiger partial charge on any atom is -0.451 e. The Morgan fingerprint density at radius 2 is 1.70 bits per heavy atom. The van der Waals surface area contributed by atoms with E-state index >= 15 is 0 Å². The molecule has 3 aliphatic heterocycles. The highest BCUT2D eigenvalue weighted by Gasteiger charge is 2.38. The molecule has 9 heteroatoms. The Balaban J connectivity index is 1.29. The minimum absolute atomic E-state index is 0.0571. The maximum absolute atomic E-state index is 14.0. The van der Waals surface area contributed by atoms with Crippen LogP contribution in [0, 0.1) is 0 Å². The molecule has 9 nitrogen and oxygen atoms in total. The third kappa shape index (κ3) is 5.44.